The number of rotatable bonds is 1. The number of furan rings is 1. The van der Waals surface area contributed by atoms with E-state index in [2.05, 4.69) is 80.1 Å². The molecule has 1 aliphatic heterocycles. The van der Waals surface area contributed by atoms with Crippen LogP contribution in [-0.4, -0.2) is 9.55 Å². The van der Waals surface area contributed by atoms with Gasteiger partial charge in [0.25, 0.3) is 0 Å². The first-order valence-corrected chi connectivity index (χ1v) is 10.3. The molecule has 0 saturated heterocycles. The second-order valence-corrected chi connectivity index (χ2v) is 8.33. The van der Waals surface area contributed by atoms with Crippen molar-refractivity contribution >= 4 is 21.9 Å². The van der Waals surface area contributed by atoms with Crippen molar-refractivity contribution in [3.05, 3.63) is 83.7 Å². The van der Waals surface area contributed by atoms with E-state index in [0.717, 1.165) is 22.6 Å². The summed E-state index contributed by atoms with van der Waals surface area (Å²) >= 11 is 0. The summed E-state index contributed by atoms with van der Waals surface area (Å²) in [4.78, 5) is 4.71. The Balaban J connectivity index is 1.86. The lowest BCUT2D eigenvalue weighted by Crippen LogP contribution is -2.12. The Bertz CT molecular complexity index is 1400. The number of hydrogen-bond acceptors (Lipinski definition) is 2. The highest BCUT2D eigenvalue weighted by atomic mass is 16.3. The quantitative estimate of drug-likeness (QED) is 0.313. The van der Waals surface area contributed by atoms with Crippen LogP contribution in [-0.2, 0) is 0 Å². The Morgan fingerprint density at radius 2 is 1.86 bits per heavy atom. The molecular formula is C26H22N2O. The number of para-hydroxylation sites is 1. The molecule has 0 fully saturated rings. The Kier molecular flexibility index (Phi) is 3.34. The molecule has 0 N–H and O–H groups in total. The van der Waals surface area contributed by atoms with Gasteiger partial charge in [-0.05, 0) is 35.2 Å². The van der Waals surface area contributed by atoms with Gasteiger partial charge in [0.15, 0.2) is 0 Å². The van der Waals surface area contributed by atoms with E-state index >= 15 is 0 Å². The van der Waals surface area contributed by atoms with E-state index in [4.69, 9.17) is 9.40 Å². The Morgan fingerprint density at radius 1 is 1.00 bits per heavy atom. The van der Waals surface area contributed by atoms with Crippen molar-refractivity contribution in [2.24, 2.45) is 0 Å². The predicted octanol–water partition coefficient (Wildman–Crippen LogP) is 7.03. The summed E-state index contributed by atoms with van der Waals surface area (Å²) < 4.78 is 8.74. The van der Waals surface area contributed by atoms with E-state index in [1.165, 1.54) is 33.2 Å². The average molecular weight is 378 g/mol. The molecule has 3 heterocycles. The monoisotopic (exact) mass is 378 g/mol. The topological polar surface area (TPSA) is 31.0 Å². The molecular weight excluding hydrogens is 356 g/mol. The van der Waals surface area contributed by atoms with Crippen molar-refractivity contribution in [3.63, 3.8) is 0 Å². The second kappa shape index (κ2) is 5.84. The number of nitrogens with zero attached hydrogens (tertiary/aromatic N) is 2. The lowest BCUT2D eigenvalue weighted by atomic mass is 9.84. The Labute approximate surface area is 169 Å². The van der Waals surface area contributed by atoms with Crippen molar-refractivity contribution in [1.29, 1.82) is 0 Å². The van der Waals surface area contributed by atoms with Gasteiger partial charge in [-0.25, -0.2) is 4.98 Å². The number of hydrogen-bond donors (Lipinski definition) is 0. The van der Waals surface area contributed by atoms with Gasteiger partial charge in [0.2, 0.25) is 0 Å². The summed E-state index contributed by atoms with van der Waals surface area (Å²) in [6.45, 7) is 6.82. The molecule has 0 spiro atoms. The van der Waals surface area contributed by atoms with Gasteiger partial charge in [-0.3, -0.25) is 4.57 Å². The van der Waals surface area contributed by atoms with Crippen LogP contribution in [0.5, 0.6) is 0 Å². The normalized spacial score (nSPS) is 15.4. The molecule has 3 nitrogen and oxygen atoms in total. The van der Waals surface area contributed by atoms with Crippen molar-refractivity contribution in [3.8, 4) is 17.1 Å². The van der Waals surface area contributed by atoms with Crippen LogP contribution >= 0.6 is 0 Å². The maximum absolute atomic E-state index is 6.48. The third-order valence-electron chi connectivity index (χ3n) is 6.29. The fourth-order valence-electron chi connectivity index (χ4n) is 4.82. The third kappa shape index (κ3) is 2.21. The Morgan fingerprint density at radius 3 is 2.72 bits per heavy atom. The highest BCUT2D eigenvalue weighted by Gasteiger charge is 2.28. The minimum absolute atomic E-state index is 0.210. The second-order valence-electron chi connectivity index (χ2n) is 8.33. The summed E-state index contributed by atoms with van der Waals surface area (Å²) in [5.41, 5.74) is 8.18. The fourth-order valence-corrected chi connectivity index (χ4v) is 4.82. The molecule has 29 heavy (non-hydrogen) atoms. The Hall–Kier alpha value is -3.33. The van der Waals surface area contributed by atoms with Crippen LogP contribution in [0.4, 0.5) is 0 Å². The molecule has 0 saturated carbocycles. The van der Waals surface area contributed by atoms with Crippen molar-refractivity contribution in [1.82, 2.24) is 9.55 Å². The van der Waals surface area contributed by atoms with Crippen LogP contribution in [0.15, 0.2) is 71.4 Å². The lowest BCUT2D eigenvalue weighted by molar-refractivity contribution is 0.657. The summed E-state index contributed by atoms with van der Waals surface area (Å²) in [5.74, 6) is 1.57. The third-order valence-corrected chi connectivity index (χ3v) is 6.29. The molecule has 2 aromatic heterocycles. The number of benzene rings is 3. The molecule has 1 atom stereocenters. The highest BCUT2D eigenvalue weighted by Crippen LogP contribution is 2.45. The molecule has 5 aromatic rings. The summed E-state index contributed by atoms with van der Waals surface area (Å²) in [7, 11) is 0. The van der Waals surface area contributed by atoms with E-state index < -0.39 is 0 Å². The fraction of sp³-hybridized carbons (Fsp3) is 0.192. The van der Waals surface area contributed by atoms with Crippen LogP contribution in [0.3, 0.4) is 0 Å². The maximum Gasteiger partial charge on any atom is 0.144 e. The minimum atomic E-state index is 0.210. The standard InChI is InChI=1S/C26H22N2O/c1-15(2)20-14-21-19-9-4-5-10-22(19)29-25(21)23-16(3)17-7-6-8-18(13-17)26-27-11-12-28(26)24(20)23/h4-16H,1-3H3. The van der Waals surface area contributed by atoms with Gasteiger partial charge in [0.05, 0.1) is 5.69 Å². The van der Waals surface area contributed by atoms with Crippen LogP contribution < -0.4 is 0 Å². The molecule has 1 aliphatic rings. The van der Waals surface area contributed by atoms with E-state index in [1.807, 2.05) is 12.3 Å². The van der Waals surface area contributed by atoms with Gasteiger partial charge in [0, 0.05) is 40.2 Å². The van der Waals surface area contributed by atoms with E-state index in [1.54, 1.807) is 0 Å². The summed E-state index contributed by atoms with van der Waals surface area (Å²) in [6, 6.07) is 19.4. The number of imidazole rings is 1. The van der Waals surface area contributed by atoms with Gasteiger partial charge in [-0.1, -0.05) is 57.2 Å². The predicted molar refractivity (Wildman–Crippen MR) is 118 cm³/mol. The van der Waals surface area contributed by atoms with Gasteiger partial charge in [0.1, 0.15) is 17.0 Å². The smallest absolute Gasteiger partial charge is 0.144 e. The first-order chi connectivity index (χ1) is 14.1. The zero-order chi connectivity index (χ0) is 19.7. The summed E-state index contributed by atoms with van der Waals surface area (Å²) in [5, 5.41) is 2.38. The van der Waals surface area contributed by atoms with Crippen LogP contribution in [0, 0.1) is 0 Å². The molecule has 0 radical (unpaired) electrons. The lowest BCUT2D eigenvalue weighted by Gasteiger charge is -2.26. The van der Waals surface area contributed by atoms with Gasteiger partial charge in [-0.2, -0.15) is 0 Å². The van der Waals surface area contributed by atoms with Gasteiger partial charge < -0.3 is 4.42 Å². The van der Waals surface area contributed by atoms with Gasteiger partial charge >= 0.3 is 0 Å². The molecule has 1 unspecified atom stereocenters. The van der Waals surface area contributed by atoms with Crippen molar-refractivity contribution in [2.75, 3.05) is 0 Å². The minimum Gasteiger partial charge on any atom is -0.456 e. The number of fused-ring (bicyclic) bond motifs is 10. The van der Waals surface area contributed by atoms with Crippen LogP contribution in [0.2, 0.25) is 0 Å². The SMILES string of the molecule is CC(C)c1cc2c(oc3ccccc32)c2c1-n1ccnc1-c1cccc(c1)C2C. The molecule has 142 valence electrons. The van der Waals surface area contributed by atoms with Crippen molar-refractivity contribution in [2.45, 2.75) is 32.6 Å². The van der Waals surface area contributed by atoms with E-state index in [0.29, 0.717) is 5.92 Å². The highest BCUT2D eigenvalue weighted by molar-refractivity contribution is 6.07. The van der Waals surface area contributed by atoms with Crippen molar-refractivity contribution < 1.29 is 4.42 Å². The number of aromatic nitrogens is 2. The molecule has 2 bridgehead atoms. The zero-order valence-corrected chi connectivity index (χ0v) is 16.8. The zero-order valence-electron chi connectivity index (χ0n) is 16.8. The molecule has 0 amide bonds. The largest absolute Gasteiger partial charge is 0.456 e. The van der Waals surface area contributed by atoms with Crippen LogP contribution in [0.1, 0.15) is 49.3 Å². The first-order valence-electron chi connectivity index (χ1n) is 10.3. The molecule has 6 rings (SSSR count). The molecule has 3 aromatic carbocycles. The molecule has 3 heteroatoms. The maximum atomic E-state index is 6.48. The average Bonchev–Trinajstić information content (AvgIpc) is 3.36. The van der Waals surface area contributed by atoms with E-state index in [9.17, 15) is 0 Å². The molecule has 0 aliphatic carbocycles. The van der Waals surface area contributed by atoms with E-state index in [-0.39, 0.29) is 5.92 Å². The van der Waals surface area contributed by atoms with Gasteiger partial charge in [-0.15, -0.1) is 0 Å². The van der Waals surface area contributed by atoms with Crippen LogP contribution in [0.25, 0.3) is 39.0 Å². The first kappa shape index (κ1) is 16.6. The summed E-state index contributed by atoms with van der Waals surface area (Å²) in [6.07, 6.45) is 3.98.